The number of rotatable bonds is 6. The minimum atomic E-state index is -4.64. The van der Waals surface area contributed by atoms with Gasteiger partial charge in [-0.3, -0.25) is 13.7 Å². The van der Waals surface area contributed by atoms with Gasteiger partial charge < -0.3 is 5.32 Å². The minimum Gasteiger partial charge on any atom is -0.321 e. The Morgan fingerprint density at radius 1 is 1.25 bits per heavy atom. The fourth-order valence-electron chi connectivity index (χ4n) is 3.50. The normalized spacial score (nSPS) is 19.0. The van der Waals surface area contributed by atoms with E-state index in [4.69, 9.17) is 4.18 Å². The molecule has 0 bridgehead atoms. The number of nitrogens with one attached hydrogen (secondary N) is 1. The van der Waals surface area contributed by atoms with E-state index in [9.17, 15) is 26.4 Å². The minimum absolute atomic E-state index is 0.114. The summed E-state index contributed by atoms with van der Waals surface area (Å²) in [7, 11) is -3.46. The molecule has 1 saturated carbocycles. The van der Waals surface area contributed by atoms with Gasteiger partial charge in [-0.15, -0.1) is 0 Å². The first-order valence-corrected chi connectivity index (χ1v) is 11.5. The second-order valence-electron chi connectivity index (χ2n) is 7.72. The van der Waals surface area contributed by atoms with Gasteiger partial charge >= 0.3 is 6.18 Å². The molecular weight excluding hydrogens is 449 g/mol. The molecule has 1 N–H and O–H groups in total. The maximum atomic E-state index is 12.8. The van der Waals surface area contributed by atoms with Gasteiger partial charge in [0, 0.05) is 17.3 Å². The zero-order chi connectivity index (χ0) is 23.1. The largest absolute Gasteiger partial charge is 0.433 e. The quantitative estimate of drug-likeness (QED) is 0.554. The van der Waals surface area contributed by atoms with Crippen LogP contribution in [0.4, 0.5) is 18.9 Å². The lowest BCUT2D eigenvalue weighted by Gasteiger charge is -2.34. The van der Waals surface area contributed by atoms with Gasteiger partial charge in [0.1, 0.15) is 11.4 Å². The van der Waals surface area contributed by atoms with Crippen LogP contribution in [0.5, 0.6) is 0 Å². The summed E-state index contributed by atoms with van der Waals surface area (Å²) in [5, 5.41) is 7.80. The van der Waals surface area contributed by atoms with Crippen LogP contribution >= 0.6 is 0 Å². The number of fused-ring (bicyclic) bond motifs is 1. The highest BCUT2D eigenvalue weighted by Gasteiger charge is 2.33. The van der Waals surface area contributed by atoms with Crippen LogP contribution in [0.3, 0.4) is 0 Å². The molecule has 4 rings (SSSR count). The molecule has 2 aromatic heterocycles. The Hall–Kier alpha value is -2.99. The van der Waals surface area contributed by atoms with E-state index >= 15 is 0 Å². The number of carbonyl (C=O) groups excluding carboxylic acids is 1. The summed E-state index contributed by atoms with van der Waals surface area (Å²) in [6, 6.07) is 8.23. The van der Waals surface area contributed by atoms with E-state index in [1.54, 1.807) is 22.9 Å². The van der Waals surface area contributed by atoms with Crippen molar-refractivity contribution in [2.45, 2.75) is 25.1 Å². The zero-order valence-corrected chi connectivity index (χ0v) is 17.7. The average molecular weight is 468 g/mol. The molecule has 1 aromatic carbocycles. The van der Waals surface area contributed by atoms with Crippen molar-refractivity contribution in [2.75, 3.05) is 18.2 Å². The van der Waals surface area contributed by atoms with Crippen LogP contribution in [0.25, 0.3) is 10.9 Å². The lowest BCUT2D eigenvalue weighted by Crippen LogP contribution is -2.30. The van der Waals surface area contributed by atoms with Crippen LogP contribution in [0.2, 0.25) is 0 Å². The first-order chi connectivity index (χ1) is 15.0. The highest BCUT2D eigenvalue weighted by Crippen LogP contribution is 2.38. The predicted octanol–water partition coefficient (Wildman–Crippen LogP) is 3.63. The highest BCUT2D eigenvalue weighted by atomic mass is 32.2. The third kappa shape index (κ3) is 5.07. The number of alkyl halides is 3. The molecule has 0 atom stereocenters. The summed E-state index contributed by atoms with van der Waals surface area (Å²) in [5.74, 6) is -0.618. The molecule has 32 heavy (non-hydrogen) atoms. The number of hydrogen-bond acceptors (Lipinski definition) is 6. The molecule has 1 amide bonds. The second kappa shape index (κ2) is 8.17. The molecule has 170 valence electrons. The fraction of sp³-hybridized carbons (Fsp3) is 0.350. The van der Waals surface area contributed by atoms with Gasteiger partial charge in [0.15, 0.2) is 0 Å². The zero-order valence-electron chi connectivity index (χ0n) is 16.8. The molecule has 0 saturated heterocycles. The molecule has 1 aliphatic carbocycles. The van der Waals surface area contributed by atoms with E-state index in [2.05, 4.69) is 15.4 Å². The smallest absolute Gasteiger partial charge is 0.321 e. The number of pyridine rings is 1. The molecule has 3 aromatic rings. The standard InChI is InChI=1S/C20H19F3N4O4S/c1-32(29,30)31-11-12-7-15(8-12)27-10-13-9-14(5-6-16(13)26-27)24-19(28)17-3-2-4-18(25-17)20(21,22)23/h2-6,9-10,12,15H,7-8,11H2,1H3,(H,24,28). The van der Waals surface area contributed by atoms with Gasteiger partial charge in [-0.05, 0) is 49.1 Å². The monoisotopic (exact) mass is 468 g/mol. The second-order valence-corrected chi connectivity index (χ2v) is 9.37. The highest BCUT2D eigenvalue weighted by molar-refractivity contribution is 7.85. The molecule has 0 aliphatic heterocycles. The molecular formula is C20H19F3N4O4S. The van der Waals surface area contributed by atoms with Gasteiger partial charge in [-0.25, -0.2) is 4.98 Å². The van der Waals surface area contributed by atoms with Crippen LogP contribution in [0.1, 0.15) is 35.1 Å². The van der Waals surface area contributed by atoms with Gasteiger partial charge in [-0.2, -0.15) is 26.7 Å². The predicted molar refractivity (Wildman–Crippen MR) is 109 cm³/mol. The molecule has 2 heterocycles. The van der Waals surface area contributed by atoms with Crippen molar-refractivity contribution in [1.82, 2.24) is 14.8 Å². The Morgan fingerprint density at radius 2 is 2.00 bits per heavy atom. The summed E-state index contributed by atoms with van der Waals surface area (Å²) in [4.78, 5) is 15.7. The number of amides is 1. The third-order valence-corrected chi connectivity index (χ3v) is 5.72. The number of hydrogen-bond donors (Lipinski definition) is 1. The van der Waals surface area contributed by atoms with Gasteiger partial charge in [0.05, 0.1) is 24.4 Å². The van der Waals surface area contributed by atoms with Crippen LogP contribution in [0, 0.1) is 5.92 Å². The van der Waals surface area contributed by atoms with Crippen molar-refractivity contribution in [1.29, 1.82) is 0 Å². The first kappa shape index (κ1) is 22.2. The summed E-state index contributed by atoms with van der Waals surface area (Å²) in [5.41, 5.74) is -0.389. The molecule has 8 nitrogen and oxygen atoms in total. The molecule has 0 unspecified atom stereocenters. The number of carbonyl (C=O) groups is 1. The van der Waals surface area contributed by atoms with Gasteiger partial charge in [0.2, 0.25) is 0 Å². The van der Waals surface area contributed by atoms with E-state index in [0.717, 1.165) is 36.6 Å². The fourth-order valence-corrected chi connectivity index (χ4v) is 3.94. The lowest BCUT2D eigenvalue weighted by atomic mass is 9.81. The van der Waals surface area contributed by atoms with Crippen molar-refractivity contribution in [3.63, 3.8) is 0 Å². The van der Waals surface area contributed by atoms with Crippen molar-refractivity contribution in [2.24, 2.45) is 5.92 Å². The van der Waals surface area contributed by atoms with Crippen molar-refractivity contribution in [3.8, 4) is 0 Å². The third-order valence-electron chi connectivity index (χ3n) is 5.15. The van der Waals surface area contributed by atoms with E-state index in [1.165, 1.54) is 6.07 Å². The summed E-state index contributed by atoms with van der Waals surface area (Å²) in [6.07, 6.45) is -0.349. The topological polar surface area (TPSA) is 103 Å². The van der Waals surface area contributed by atoms with E-state index in [-0.39, 0.29) is 24.3 Å². The number of halogens is 3. The van der Waals surface area contributed by atoms with E-state index < -0.39 is 27.9 Å². The Balaban J connectivity index is 1.42. The molecule has 1 aliphatic rings. The Morgan fingerprint density at radius 3 is 2.69 bits per heavy atom. The summed E-state index contributed by atoms with van der Waals surface area (Å²) < 4.78 is 67.2. The Kier molecular flexibility index (Phi) is 5.67. The van der Waals surface area contributed by atoms with Gasteiger partial charge in [-0.1, -0.05) is 6.07 Å². The summed E-state index contributed by atoms with van der Waals surface area (Å²) in [6.45, 7) is 0.149. The Bertz CT molecular complexity index is 1270. The molecule has 0 spiro atoms. The number of nitrogens with zero attached hydrogens (tertiary/aromatic N) is 3. The maximum absolute atomic E-state index is 12.8. The SMILES string of the molecule is CS(=O)(=O)OCC1CC(n2cc3cc(NC(=O)c4cccc(C(F)(F)F)n4)ccc3n2)C1. The van der Waals surface area contributed by atoms with Crippen molar-refractivity contribution >= 4 is 32.6 Å². The molecule has 0 radical (unpaired) electrons. The van der Waals surface area contributed by atoms with E-state index in [1.807, 2.05) is 6.20 Å². The number of aromatic nitrogens is 3. The average Bonchev–Trinajstić information content (AvgIpc) is 3.08. The first-order valence-electron chi connectivity index (χ1n) is 9.67. The number of benzene rings is 1. The molecule has 12 heteroatoms. The van der Waals surface area contributed by atoms with Crippen LogP contribution in [-0.2, 0) is 20.5 Å². The van der Waals surface area contributed by atoms with Crippen LogP contribution < -0.4 is 5.32 Å². The van der Waals surface area contributed by atoms with Crippen molar-refractivity contribution in [3.05, 3.63) is 54.0 Å². The maximum Gasteiger partial charge on any atom is 0.433 e. The Labute approximate surface area is 181 Å². The van der Waals surface area contributed by atoms with Gasteiger partial charge in [0.25, 0.3) is 16.0 Å². The van der Waals surface area contributed by atoms with Crippen LogP contribution in [0.15, 0.2) is 42.6 Å². The van der Waals surface area contributed by atoms with Crippen molar-refractivity contribution < 1.29 is 30.6 Å². The lowest BCUT2D eigenvalue weighted by molar-refractivity contribution is -0.141. The van der Waals surface area contributed by atoms with Crippen LogP contribution in [-0.4, -0.2) is 42.0 Å². The van der Waals surface area contributed by atoms with E-state index in [0.29, 0.717) is 11.2 Å². The summed E-state index contributed by atoms with van der Waals surface area (Å²) >= 11 is 0. The molecule has 1 fully saturated rings. The number of anilines is 1.